The summed E-state index contributed by atoms with van der Waals surface area (Å²) in [4.78, 5) is 29.2. The molecule has 7 nitrogen and oxygen atoms in total. The zero-order valence-corrected chi connectivity index (χ0v) is 13.6. The van der Waals surface area contributed by atoms with Gasteiger partial charge in [0, 0.05) is 32.9 Å². The van der Waals surface area contributed by atoms with Crippen molar-refractivity contribution in [2.75, 3.05) is 24.5 Å². The van der Waals surface area contributed by atoms with Crippen molar-refractivity contribution in [2.24, 2.45) is 12.5 Å². The number of piperidine rings is 1. The van der Waals surface area contributed by atoms with Crippen molar-refractivity contribution in [3.8, 4) is 0 Å². The van der Waals surface area contributed by atoms with Crippen LogP contribution in [-0.2, 0) is 11.8 Å². The van der Waals surface area contributed by atoms with Gasteiger partial charge >= 0.3 is 0 Å². The number of rotatable bonds is 2. The molecule has 7 heteroatoms. The van der Waals surface area contributed by atoms with Gasteiger partial charge in [-0.25, -0.2) is 0 Å². The molecule has 1 spiro atoms. The van der Waals surface area contributed by atoms with Crippen molar-refractivity contribution < 1.29 is 14.0 Å². The second kappa shape index (κ2) is 5.51. The number of hydrogen-bond donors (Lipinski definition) is 0. The van der Waals surface area contributed by atoms with E-state index in [2.05, 4.69) is 5.10 Å². The van der Waals surface area contributed by atoms with Gasteiger partial charge in [0.2, 0.25) is 5.91 Å². The van der Waals surface area contributed by atoms with E-state index in [1.54, 1.807) is 32.8 Å². The van der Waals surface area contributed by atoms with E-state index in [1.807, 2.05) is 13.2 Å². The summed E-state index contributed by atoms with van der Waals surface area (Å²) in [6, 6.07) is 3.37. The van der Waals surface area contributed by atoms with Crippen LogP contribution in [0.3, 0.4) is 0 Å². The Morgan fingerprint density at radius 1 is 1.33 bits per heavy atom. The van der Waals surface area contributed by atoms with Crippen molar-refractivity contribution >= 4 is 17.5 Å². The molecule has 2 amide bonds. The molecule has 0 aliphatic carbocycles. The predicted octanol–water partition coefficient (Wildman–Crippen LogP) is 1.67. The van der Waals surface area contributed by atoms with Gasteiger partial charge in [-0.05, 0) is 31.4 Å². The first kappa shape index (κ1) is 15.0. The number of nitrogens with zero attached hydrogens (tertiary/aromatic N) is 4. The van der Waals surface area contributed by atoms with Crippen molar-refractivity contribution in [3.05, 3.63) is 36.5 Å². The highest BCUT2D eigenvalue weighted by molar-refractivity contribution is 6.00. The number of amides is 2. The Hall–Kier alpha value is -2.57. The van der Waals surface area contributed by atoms with Crippen LogP contribution in [0.1, 0.15) is 29.8 Å². The van der Waals surface area contributed by atoms with Crippen LogP contribution in [0, 0.1) is 5.41 Å². The van der Waals surface area contributed by atoms with Gasteiger partial charge in [-0.3, -0.25) is 14.3 Å². The van der Waals surface area contributed by atoms with E-state index < -0.39 is 5.41 Å². The molecule has 0 aromatic carbocycles. The molecule has 2 aliphatic heterocycles. The van der Waals surface area contributed by atoms with Gasteiger partial charge in [-0.1, -0.05) is 0 Å². The van der Waals surface area contributed by atoms with E-state index in [0.29, 0.717) is 25.4 Å². The molecule has 2 aliphatic rings. The molecule has 2 fully saturated rings. The molecule has 4 heterocycles. The van der Waals surface area contributed by atoms with Crippen LogP contribution in [0.2, 0.25) is 0 Å². The number of hydrogen-bond acceptors (Lipinski definition) is 4. The van der Waals surface area contributed by atoms with Gasteiger partial charge in [0.1, 0.15) is 0 Å². The zero-order chi connectivity index (χ0) is 16.7. The summed E-state index contributed by atoms with van der Waals surface area (Å²) in [5, 5.41) is 4.15. The Morgan fingerprint density at radius 2 is 2.21 bits per heavy atom. The van der Waals surface area contributed by atoms with E-state index in [0.717, 1.165) is 24.9 Å². The summed E-state index contributed by atoms with van der Waals surface area (Å²) in [5.74, 6) is 0.306. The lowest BCUT2D eigenvalue weighted by Crippen LogP contribution is -2.49. The SMILES string of the molecule is Cn1cc(N2CC[C@@]3(CCCN(C(=O)c4ccco4)C3)C2=O)cn1. The van der Waals surface area contributed by atoms with E-state index in [4.69, 9.17) is 4.42 Å². The van der Waals surface area contributed by atoms with Gasteiger partial charge < -0.3 is 14.2 Å². The Balaban J connectivity index is 1.55. The van der Waals surface area contributed by atoms with Crippen molar-refractivity contribution in [1.82, 2.24) is 14.7 Å². The highest BCUT2D eigenvalue weighted by Crippen LogP contribution is 2.42. The zero-order valence-electron chi connectivity index (χ0n) is 13.6. The van der Waals surface area contributed by atoms with Crippen molar-refractivity contribution in [1.29, 1.82) is 0 Å². The van der Waals surface area contributed by atoms with Gasteiger partial charge in [-0.15, -0.1) is 0 Å². The minimum atomic E-state index is -0.476. The summed E-state index contributed by atoms with van der Waals surface area (Å²) in [6.07, 6.45) is 7.49. The molecule has 24 heavy (non-hydrogen) atoms. The molecule has 2 saturated heterocycles. The first-order valence-corrected chi connectivity index (χ1v) is 8.22. The number of carbonyl (C=O) groups is 2. The number of furan rings is 1. The topological polar surface area (TPSA) is 71.6 Å². The van der Waals surface area contributed by atoms with Gasteiger partial charge in [0.25, 0.3) is 5.91 Å². The van der Waals surface area contributed by atoms with E-state index in [9.17, 15) is 9.59 Å². The monoisotopic (exact) mass is 328 g/mol. The lowest BCUT2D eigenvalue weighted by molar-refractivity contribution is -0.127. The minimum Gasteiger partial charge on any atom is -0.459 e. The summed E-state index contributed by atoms with van der Waals surface area (Å²) in [5.41, 5.74) is 0.352. The molecule has 0 bridgehead atoms. The number of aryl methyl sites for hydroxylation is 1. The van der Waals surface area contributed by atoms with E-state index >= 15 is 0 Å². The fraction of sp³-hybridized carbons (Fsp3) is 0.471. The molecule has 2 aromatic rings. The predicted molar refractivity (Wildman–Crippen MR) is 86.5 cm³/mol. The lowest BCUT2D eigenvalue weighted by atomic mass is 9.78. The van der Waals surface area contributed by atoms with Gasteiger partial charge in [0.05, 0.1) is 23.6 Å². The Morgan fingerprint density at radius 3 is 2.92 bits per heavy atom. The van der Waals surface area contributed by atoms with E-state index in [1.165, 1.54) is 6.26 Å². The largest absolute Gasteiger partial charge is 0.459 e. The van der Waals surface area contributed by atoms with Crippen molar-refractivity contribution in [3.63, 3.8) is 0 Å². The molecule has 126 valence electrons. The van der Waals surface area contributed by atoms with Gasteiger partial charge in [-0.2, -0.15) is 5.10 Å². The second-order valence-electron chi connectivity index (χ2n) is 6.67. The van der Waals surface area contributed by atoms with Gasteiger partial charge in [0.15, 0.2) is 5.76 Å². The highest BCUT2D eigenvalue weighted by Gasteiger charge is 2.50. The average Bonchev–Trinajstić information content (AvgIpc) is 3.31. The minimum absolute atomic E-state index is 0.104. The van der Waals surface area contributed by atoms with Crippen LogP contribution in [-0.4, -0.2) is 46.1 Å². The van der Waals surface area contributed by atoms with Crippen LogP contribution >= 0.6 is 0 Å². The van der Waals surface area contributed by atoms with Crippen LogP contribution in [0.5, 0.6) is 0 Å². The number of anilines is 1. The summed E-state index contributed by atoms with van der Waals surface area (Å²) in [6.45, 7) is 1.80. The van der Waals surface area contributed by atoms with Crippen LogP contribution in [0.15, 0.2) is 35.2 Å². The molecular weight excluding hydrogens is 308 g/mol. The third-order valence-electron chi connectivity index (χ3n) is 5.11. The fourth-order valence-electron chi connectivity index (χ4n) is 3.85. The molecule has 1 atom stereocenters. The van der Waals surface area contributed by atoms with E-state index in [-0.39, 0.29) is 11.8 Å². The summed E-state index contributed by atoms with van der Waals surface area (Å²) >= 11 is 0. The maximum atomic E-state index is 13.1. The molecule has 0 radical (unpaired) electrons. The third kappa shape index (κ3) is 2.31. The molecule has 2 aromatic heterocycles. The van der Waals surface area contributed by atoms with Crippen LogP contribution < -0.4 is 4.90 Å². The maximum absolute atomic E-state index is 13.1. The Labute approximate surface area is 139 Å². The Kier molecular flexibility index (Phi) is 3.44. The smallest absolute Gasteiger partial charge is 0.289 e. The average molecular weight is 328 g/mol. The van der Waals surface area contributed by atoms with Crippen molar-refractivity contribution in [2.45, 2.75) is 19.3 Å². The standard InChI is InChI=1S/C17H20N4O3/c1-19-11-13(10-18-19)21-8-6-17(16(21)23)5-3-7-20(12-17)15(22)14-4-2-9-24-14/h2,4,9-11H,3,5-8,12H2,1H3/t17-/m1/s1. The molecule has 0 N–H and O–H groups in total. The highest BCUT2D eigenvalue weighted by atomic mass is 16.3. The molecular formula is C17H20N4O3. The third-order valence-corrected chi connectivity index (χ3v) is 5.11. The molecule has 0 saturated carbocycles. The quantitative estimate of drug-likeness (QED) is 0.841. The van der Waals surface area contributed by atoms with Crippen LogP contribution in [0.4, 0.5) is 5.69 Å². The number of aromatic nitrogens is 2. The maximum Gasteiger partial charge on any atom is 0.289 e. The van der Waals surface area contributed by atoms with Crippen LogP contribution in [0.25, 0.3) is 0 Å². The fourth-order valence-corrected chi connectivity index (χ4v) is 3.85. The summed E-state index contributed by atoms with van der Waals surface area (Å²) in [7, 11) is 1.84. The normalized spacial score (nSPS) is 24.1. The summed E-state index contributed by atoms with van der Waals surface area (Å²) < 4.78 is 6.92. The molecule has 4 rings (SSSR count). The number of carbonyl (C=O) groups excluding carboxylic acids is 2. The second-order valence-corrected chi connectivity index (χ2v) is 6.67. The Bertz CT molecular complexity index is 767. The number of likely N-dealkylation sites (tertiary alicyclic amines) is 1. The molecule has 0 unspecified atom stereocenters. The first-order valence-electron chi connectivity index (χ1n) is 8.22. The lowest BCUT2D eigenvalue weighted by Gasteiger charge is -2.38. The first-order chi connectivity index (χ1) is 11.6.